The second-order valence-corrected chi connectivity index (χ2v) is 6.26. The first-order valence-electron chi connectivity index (χ1n) is 6.81. The molecule has 1 aliphatic rings. The summed E-state index contributed by atoms with van der Waals surface area (Å²) >= 11 is 0. The summed E-state index contributed by atoms with van der Waals surface area (Å²) in [5.74, 6) is -5.27. The molecule has 0 saturated carbocycles. The molecule has 8 heteroatoms. The lowest BCUT2D eigenvalue weighted by molar-refractivity contribution is -0.209. The van der Waals surface area contributed by atoms with E-state index in [1.807, 2.05) is 0 Å². The molecule has 1 aromatic heterocycles. The van der Waals surface area contributed by atoms with E-state index in [9.17, 15) is 23.1 Å². The highest BCUT2D eigenvalue weighted by molar-refractivity contribution is 5.71. The lowest BCUT2D eigenvalue weighted by atomic mass is 9.96. The summed E-state index contributed by atoms with van der Waals surface area (Å²) in [5.41, 5.74) is -5.79. The van der Waals surface area contributed by atoms with E-state index >= 15 is 0 Å². The van der Waals surface area contributed by atoms with Crippen molar-refractivity contribution in [3.05, 3.63) is 42.0 Å². The smallest absolute Gasteiger partial charge is 0.413 e. The van der Waals surface area contributed by atoms with Gasteiger partial charge in [-0.2, -0.15) is 13.2 Å². The third kappa shape index (κ3) is 2.67. The number of rotatable bonds is 1. The monoisotopic (exact) mass is 330 g/mol. The first-order valence-corrected chi connectivity index (χ1v) is 6.81. The molecule has 1 atom stereocenters. The molecule has 1 unspecified atom stereocenters. The number of amides is 1. The van der Waals surface area contributed by atoms with Gasteiger partial charge in [-0.05, 0) is 32.9 Å². The molecule has 23 heavy (non-hydrogen) atoms. The van der Waals surface area contributed by atoms with Crippen LogP contribution in [0.15, 0.2) is 30.5 Å². The van der Waals surface area contributed by atoms with Gasteiger partial charge < -0.3 is 9.84 Å². The average molecular weight is 330 g/mol. The fourth-order valence-electron chi connectivity index (χ4n) is 2.29. The van der Waals surface area contributed by atoms with Crippen LogP contribution in [-0.2, 0) is 10.5 Å². The number of pyridine rings is 1. The fourth-order valence-corrected chi connectivity index (χ4v) is 2.29. The molecule has 0 spiro atoms. The number of alkyl halides is 2. The van der Waals surface area contributed by atoms with Gasteiger partial charge in [0.25, 0.3) is 0 Å². The van der Waals surface area contributed by atoms with Gasteiger partial charge in [-0.3, -0.25) is 4.90 Å². The number of ether oxygens (including phenoxy) is 1. The lowest BCUT2D eigenvalue weighted by Crippen LogP contribution is -2.55. The Hall–Kier alpha value is -2.09. The molecule has 2 heterocycles. The molecule has 1 N–H and O–H groups in total. The number of aliphatic hydroxyl groups is 1. The van der Waals surface area contributed by atoms with E-state index in [0.29, 0.717) is 4.90 Å². The van der Waals surface area contributed by atoms with E-state index < -0.39 is 47.0 Å². The minimum Gasteiger partial charge on any atom is -0.444 e. The Morgan fingerprint density at radius 1 is 1.48 bits per heavy atom. The minimum atomic E-state index is -3.96. The molecule has 1 aliphatic heterocycles. The number of carbonyl (C=O) groups excluding carboxylic acids is 1. The van der Waals surface area contributed by atoms with E-state index in [1.54, 1.807) is 0 Å². The van der Waals surface area contributed by atoms with Crippen LogP contribution < -0.4 is 0 Å². The van der Waals surface area contributed by atoms with Gasteiger partial charge in [0, 0.05) is 11.8 Å². The van der Waals surface area contributed by atoms with Crippen molar-refractivity contribution in [1.82, 2.24) is 9.88 Å². The van der Waals surface area contributed by atoms with Gasteiger partial charge in [0.15, 0.2) is 0 Å². The first kappa shape index (κ1) is 17.3. The highest BCUT2D eigenvalue weighted by Crippen LogP contribution is 2.51. The van der Waals surface area contributed by atoms with Crippen molar-refractivity contribution < 1.29 is 27.8 Å². The van der Waals surface area contributed by atoms with Crippen LogP contribution >= 0.6 is 0 Å². The van der Waals surface area contributed by atoms with Crippen LogP contribution in [0.2, 0.25) is 0 Å². The summed E-state index contributed by atoms with van der Waals surface area (Å²) in [6.07, 6.45) is -0.163. The zero-order valence-corrected chi connectivity index (χ0v) is 12.9. The number of hydrogen-bond donors (Lipinski definition) is 1. The number of nitrogens with zero attached hydrogens (tertiary/aromatic N) is 2. The Bertz CT molecular complexity index is 658. The van der Waals surface area contributed by atoms with Crippen LogP contribution in [0, 0.1) is 5.95 Å². The maximum atomic E-state index is 14.5. The maximum Gasteiger partial charge on any atom is 0.413 e. The van der Waals surface area contributed by atoms with Crippen LogP contribution in [0.25, 0.3) is 0 Å². The van der Waals surface area contributed by atoms with Gasteiger partial charge in [-0.1, -0.05) is 6.58 Å². The zero-order chi connectivity index (χ0) is 17.6. The molecule has 0 radical (unpaired) electrons. The van der Waals surface area contributed by atoms with Crippen molar-refractivity contribution in [3.8, 4) is 0 Å². The predicted molar refractivity (Wildman–Crippen MR) is 75.1 cm³/mol. The lowest BCUT2D eigenvalue weighted by Gasteiger charge is -2.37. The van der Waals surface area contributed by atoms with E-state index in [1.165, 1.54) is 26.8 Å². The summed E-state index contributed by atoms with van der Waals surface area (Å²) in [6, 6.07) is 2.12. The van der Waals surface area contributed by atoms with Crippen molar-refractivity contribution in [2.45, 2.75) is 38.0 Å². The second kappa shape index (κ2) is 5.23. The van der Waals surface area contributed by atoms with Crippen LogP contribution in [0.1, 0.15) is 26.3 Å². The number of halogens is 3. The Morgan fingerprint density at radius 2 is 2.09 bits per heavy atom. The van der Waals surface area contributed by atoms with Gasteiger partial charge in [0.1, 0.15) is 5.60 Å². The van der Waals surface area contributed by atoms with Crippen molar-refractivity contribution in [2.75, 3.05) is 6.54 Å². The van der Waals surface area contributed by atoms with Gasteiger partial charge in [0.05, 0.1) is 12.1 Å². The average Bonchev–Trinajstić information content (AvgIpc) is 2.58. The van der Waals surface area contributed by atoms with E-state index in [0.717, 1.165) is 12.3 Å². The van der Waals surface area contributed by atoms with Gasteiger partial charge >= 0.3 is 12.0 Å². The molecule has 126 valence electrons. The molecular formula is C15H17F3N2O3. The fraction of sp³-hybridized carbons (Fsp3) is 0.467. The number of likely N-dealkylation sites (tertiary alicyclic amines) is 1. The molecule has 5 nitrogen and oxygen atoms in total. The molecule has 1 aromatic rings. The highest BCUT2D eigenvalue weighted by atomic mass is 19.3. The number of aromatic nitrogens is 1. The molecule has 2 rings (SSSR count). The maximum absolute atomic E-state index is 14.5. The molecule has 1 amide bonds. The summed E-state index contributed by atoms with van der Waals surface area (Å²) in [6.45, 7) is 7.13. The second-order valence-electron chi connectivity index (χ2n) is 6.26. The molecule has 0 bridgehead atoms. The van der Waals surface area contributed by atoms with Crippen LogP contribution in [-0.4, -0.2) is 39.2 Å². The highest BCUT2D eigenvalue weighted by Gasteiger charge is 2.68. The SMILES string of the molecule is C=C1CN(C(=O)OC(C)(C)C)C(O)(c2cccnc2F)C1(F)F. The standard InChI is InChI=1S/C15H17F3N2O3/c1-9-8-20(12(21)23-13(2,3)4)15(22,14(9,17)18)10-6-5-7-19-11(10)16/h5-7,22H,1,8H2,2-4H3. The zero-order valence-electron chi connectivity index (χ0n) is 12.9. The predicted octanol–water partition coefficient (Wildman–Crippen LogP) is 2.81. The van der Waals surface area contributed by atoms with E-state index in [2.05, 4.69) is 11.6 Å². The largest absolute Gasteiger partial charge is 0.444 e. The Morgan fingerprint density at radius 3 is 2.61 bits per heavy atom. The van der Waals surface area contributed by atoms with Gasteiger partial charge in [-0.15, -0.1) is 0 Å². The summed E-state index contributed by atoms with van der Waals surface area (Å²) in [4.78, 5) is 15.8. The molecule has 1 fully saturated rings. The summed E-state index contributed by atoms with van der Waals surface area (Å²) < 4.78 is 48.0. The Labute approximate surface area is 131 Å². The first-order chi connectivity index (χ1) is 10.4. The molecule has 0 aliphatic carbocycles. The van der Waals surface area contributed by atoms with Crippen LogP contribution in [0.3, 0.4) is 0 Å². The quantitative estimate of drug-likeness (QED) is 0.635. The third-order valence-corrected chi connectivity index (χ3v) is 3.37. The van der Waals surface area contributed by atoms with E-state index in [4.69, 9.17) is 4.74 Å². The van der Waals surface area contributed by atoms with Gasteiger partial charge in [0.2, 0.25) is 11.7 Å². The van der Waals surface area contributed by atoms with Crippen LogP contribution in [0.5, 0.6) is 0 Å². The Balaban J connectivity index is 2.57. The third-order valence-electron chi connectivity index (χ3n) is 3.37. The molecule has 0 aromatic carbocycles. The summed E-state index contributed by atoms with van der Waals surface area (Å²) in [7, 11) is 0. The van der Waals surface area contributed by atoms with E-state index in [-0.39, 0.29) is 0 Å². The van der Waals surface area contributed by atoms with Crippen molar-refractivity contribution >= 4 is 6.09 Å². The van der Waals surface area contributed by atoms with Crippen LogP contribution in [0.4, 0.5) is 18.0 Å². The number of carbonyl (C=O) groups is 1. The van der Waals surface area contributed by atoms with Crippen molar-refractivity contribution in [3.63, 3.8) is 0 Å². The summed E-state index contributed by atoms with van der Waals surface area (Å²) in [5, 5.41) is 10.6. The number of hydrogen-bond acceptors (Lipinski definition) is 4. The Kier molecular flexibility index (Phi) is 3.92. The van der Waals surface area contributed by atoms with Crippen molar-refractivity contribution in [2.24, 2.45) is 0 Å². The van der Waals surface area contributed by atoms with Gasteiger partial charge in [-0.25, -0.2) is 9.78 Å². The normalized spacial score (nSPS) is 24.0. The van der Waals surface area contributed by atoms with Crippen molar-refractivity contribution in [1.29, 1.82) is 0 Å². The molecule has 1 saturated heterocycles. The molecular weight excluding hydrogens is 313 g/mol. The topological polar surface area (TPSA) is 62.7 Å². The minimum absolute atomic E-state index is 0.362.